The summed E-state index contributed by atoms with van der Waals surface area (Å²) in [5.41, 5.74) is 1.79. The van der Waals surface area contributed by atoms with Gasteiger partial charge in [-0.05, 0) is 67.9 Å². The molecular weight excluding hydrogens is 440 g/mol. The molecule has 0 radical (unpaired) electrons. The van der Waals surface area contributed by atoms with Gasteiger partial charge in [0.05, 0.1) is 17.8 Å². The Hall–Kier alpha value is -2.91. The minimum atomic E-state index is -3.71. The molecule has 2 N–H and O–H groups in total. The van der Waals surface area contributed by atoms with Crippen LogP contribution in [0, 0.1) is 0 Å². The molecule has 8 nitrogen and oxygen atoms in total. The molecule has 1 aliphatic rings. The first-order chi connectivity index (χ1) is 15.9. The van der Waals surface area contributed by atoms with Crippen LogP contribution in [0.1, 0.15) is 38.2 Å². The summed E-state index contributed by atoms with van der Waals surface area (Å²) in [7, 11) is -3.71. The lowest BCUT2D eigenvalue weighted by Gasteiger charge is -2.26. The first-order valence-corrected chi connectivity index (χ1v) is 12.7. The van der Waals surface area contributed by atoms with Gasteiger partial charge in [-0.2, -0.15) is 0 Å². The number of ether oxygens (including phenoxy) is 1. The van der Waals surface area contributed by atoms with E-state index in [0.29, 0.717) is 25.3 Å². The molecule has 2 aromatic rings. The topological polar surface area (TPSA) is 100 Å². The number of nitrogens with one attached hydrogen (secondary N) is 2. The van der Waals surface area contributed by atoms with Gasteiger partial charge in [0.2, 0.25) is 5.91 Å². The normalized spacial score (nSPS) is 14.8. The van der Waals surface area contributed by atoms with Crippen LogP contribution < -0.4 is 14.8 Å². The molecule has 1 aliphatic heterocycles. The van der Waals surface area contributed by atoms with E-state index in [4.69, 9.17) is 4.74 Å². The zero-order chi connectivity index (χ0) is 23.5. The van der Waals surface area contributed by atoms with Gasteiger partial charge < -0.3 is 10.1 Å². The van der Waals surface area contributed by atoms with Crippen molar-refractivity contribution in [3.05, 3.63) is 54.1 Å². The molecule has 0 bridgehead atoms. The van der Waals surface area contributed by atoms with E-state index in [1.165, 1.54) is 62.4 Å². The van der Waals surface area contributed by atoms with Gasteiger partial charge in [0.25, 0.3) is 10.0 Å². The summed E-state index contributed by atoms with van der Waals surface area (Å²) in [6.45, 7) is 5.61. The summed E-state index contributed by atoms with van der Waals surface area (Å²) in [6, 6.07) is 14.1. The van der Waals surface area contributed by atoms with E-state index in [0.717, 1.165) is 25.4 Å². The van der Waals surface area contributed by atoms with Gasteiger partial charge in [0.1, 0.15) is 5.75 Å². The van der Waals surface area contributed by atoms with E-state index >= 15 is 0 Å². The van der Waals surface area contributed by atoms with Crippen molar-refractivity contribution < 1.29 is 17.9 Å². The Morgan fingerprint density at radius 2 is 1.88 bits per heavy atom. The minimum absolute atomic E-state index is 0.0934. The second-order valence-electron chi connectivity index (χ2n) is 8.05. The Kier molecular flexibility index (Phi) is 9.26. The number of anilines is 1. The Morgan fingerprint density at radius 3 is 2.61 bits per heavy atom. The van der Waals surface area contributed by atoms with E-state index in [2.05, 4.69) is 32.1 Å². The molecule has 0 spiro atoms. The van der Waals surface area contributed by atoms with Crippen molar-refractivity contribution in [1.82, 2.24) is 9.62 Å². The lowest BCUT2D eigenvalue weighted by Crippen LogP contribution is -2.29. The van der Waals surface area contributed by atoms with E-state index in [1.54, 1.807) is 0 Å². The number of rotatable bonds is 11. The number of nitrogens with zero attached hydrogens (tertiary/aromatic N) is 2. The van der Waals surface area contributed by atoms with E-state index < -0.39 is 10.0 Å². The van der Waals surface area contributed by atoms with Crippen LogP contribution in [0.2, 0.25) is 0 Å². The highest BCUT2D eigenvalue weighted by molar-refractivity contribution is 7.90. The van der Waals surface area contributed by atoms with Crippen molar-refractivity contribution in [3.63, 3.8) is 0 Å². The molecule has 2 aromatic carbocycles. The smallest absolute Gasteiger partial charge is 0.262 e. The number of sulfonamides is 1. The predicted octanol–water partition coefficient (Wildman–Crippen LogP) is 3.41. The highest BCUT2D eigenvalue weighted by Crippen LogP contribution is 2.18. The fourth-order valence-corrected chi connectivity index (χ4v) is 4.46. The lowest BCUT2D eigenvalue weighted by molar-refractivity contribution is -0.114. The number of amides is 1. The van der Waals surface area contributed by atoms with Crippen molar-refractivity contribution in [2.24, 2.45) is 4.99 Å². The summed E-state index contributed by atoms with van der Waals surface area (Å²) in [5.74, 6) is 0.627. The average Bonchev–Trinajstić information content (AvgIpc) is 2.79. The molecule has 0 aromatic heterocycles. The monoisotopic (exact) mass is 472 g/mol. The third kappa shape index (κ3) is 8.51. The van der Waals surface area contributed by atoms with Crippen LogP contribution in [0.5, 0.6) is 5.75 Å². The molecule has 1 heterocycles. The number of hydrogen-bond acceptors (Lipinski definition) is 6. The number of likely N-dealkylation sites (tertiary alicyclic amines) is 1. The summed E-state index contributed by atoms with van der Waals surface area (Å²) in [5, 5.41) is 2.59. The zero-order valence-electron chi connectivity index (χ0n) is 19.0. The third-order valence-electron chi connectivity index (χ3n) is 5.24. The van der Waals surface area contributed by atoms with Crippen LogP contribution in [-0.4, -0.2) is 51.8 Å². The second kappa shape index (κ2) is 12.4. The predicted molar refractivity (Wildman–Crippen MR) is 130 cm³/mol. The Balaban J connectivity index is 1.37. The highest BCUT2D eigenvalue weighted by atomic mass is 32.2. The third-order valence-corrected chi connectivity index (χ3v) is 6.55. The number of carbonyl (C=O) groups is 1. The fraction of sp³-hybridized carbons (Fsp3) is 0.417. The number of benzene rings is 2. The number of aliphatic imine (C=N–C) groups is 1. The van der Waals surface area contributed by atoms with Crippen LogP contribution in [0.15, 0.2) is 58.4 Å². The molecular formula is C24H32N4O4S. The van der Waals surface area contributed by atoms with Crippen LogP contribution in [0.3, 0.4) is 0 Å². The molecule has 0 unspecified atom stereocenters. The summed E-state index contributed by atoms with van der Waals surface area (Å²) >= 11 is 0. The zero-order valence-corrected chi connectivity index (χ0v) is 19.8. The molecule has 0 atom stereocenters. The van der Waals surface area contributed by atoms with Crippen LogP contribution >= 0.6 is 0 Å². The maximum atomic E-state index is 12.3. The van der Waals surface area contributed by atoms with Crippen molar-refractivity contribution >= 4 is 28.0 Å². The highest BCUT2D eigenvalue weighted by Gasteiger charge is 2.12. The Bertz CT molecular complexity index is 1030. The lowest BCUT2D eigenvalue weighted by atomic mass is 10.1. The van der Waals surface area contributed by atoms with Gasteiger partial charge >= 0.3 is 0 Å². The summed E-state index contributed by atoms with van der Waals surface area (Å²) < 4.78 is 32.8. The van der Waals surface area contributed by atoms with Gasteiger partial charge in [-0.3, -0.25) is 19.4 Å². The van der Waals surface area contributed by atoms with Gasteiger partial charge in [-0.15, -0.1) is 0 Å². The molecule has 178 valence electrons. The van der Waals surface area contributed by atoms with Crippen LogP contribution in [-0.2, 0) is 21.4 Å². The molecule has 1 fully saturated rings. The molecule has 1 saturated heterocycles. The summed E-state index contributed by atoms with van der Waals surface area (Å²) in [4.78, 5) is 17.7. The van der Waals surface area contributed by atoms with Crippen molar-refractivity contribution in [2.45, 2.75) is 44.0 Å². The SMILES string of the molecule is CC(=O)Nc1ccc(S(=O)(=O)NC=NCCCOc2cccc(CN3CCCCC3)c2)cc1. The molecule has 0 aliphatic carbocycles. The number of piperidine rings is 1. The average molecular weight is 473 g/mol. The molecule has 3 rings (SSSR count). The van der Waals surface area contributed by atoms with Gasteiger partial charge in [0, 0.05) is 32.1 Å². The van der Waals surface area contributed by atoms with Crippen molar-refractivity contribution in [1.29, 1.82) is 0 Å². The maximum absolute atomic E-state index is 12.3. The standard InChI is InChI=1S/C24H32N4O4S/c1-20(29)27-22-9-11-24(12-10-22)33(30,31)26-19-25-13-6-16-32-23-8-5-7-21(17-23)18-28-14-3-2-4-15-28/h5,7-12,17,19H,2-4,6,13-16,18H2,1H3,(H,25,26)(H,27,29). The second-order valence-corrected chi connectivity index (χ2v) is 9.76. The number of hydrogen-bond donors (Lipinski definition) is 2. The van der Waals surface area contributed by atoms with Crippen molar-refractivity contribution in [3.8, 4) is 5.75 Å². The van der Waals surface area contributed by atoms with E-state index in [1.807, 2.05) is 12.1 Å². The quantitative estimate of drug-likeness (QED) is 0.297. The van der Waals surface area contributed by atoms with Crippen LogP contribution in [0.25, 0.3) is 0 Å². The first kappa shape index (κ1) is 24.7. The fourth-order valence-electron chi connectivity index (χ4n) is 3.62. The Labute approximate surface area is 196 Å². The Morgan fingerprint density at radius 1 is 1.12 bits per heavy atom. The largest absolute Gasteiger partial charge is 0.494 e. The molecule has 1 amide bonds. The van der Waals surface area contributed by atoms with E-state index in [9.17, 15) is 13.2 Å². The van der Waals surface area contributed by atoms with Crippen molar-refractivity contribution in [2.75, 3.05) is 31.6 Å². The van der Waals surface area contributed by atoms with Crippen LogP contribution in [0.4, 0.5) is 5.69 Å². The van der Waals surface area contributed by atoms with E-state index in [-0.39, 0.29) is 10.8 Å². The maximum Gasteiger partial charge on any atom is 0.262 e. The molecule has 0 saturated carbocycles. The van der Waals surface area contributed by atoms with Gasteiger partial charge in [-0.1, -0.05) is 18.6 Å². The molecule has 33 heavy (non-hydrogen) atoms. The van der Waals surface area contributed by atoms with Gasteiger partial charge in [-0.25, -0.2) is 8.42 Å². The minimum Gasteiger partial charge on any atom is -0.494 e. The molecule has 9 heteroatoms. The van der Waals surface area contributed by atoms with Gasteiger partial charge in [0.15, 0.2) is 0 Å². The summed E-state index contributed by atoms with van der Waals surface area (Å²) in [6.07, 6.45) is 5.74. The first-order valence-electron chi connectivity index (χ1n) is 11.2. The number of carbonyl (C=O) groups excluding carboxylic acids is 1.